The van der Waals surface area contributed by atoms with Gasteiger partial charge in [-0.1, -0.05) is 45.4 Å². The Balaban J connectivity index is 1.94. The highest BCUT2D eigenvalue weighted by Gasteiger charge is 2.29. The number of nitrogens with zero attached hydrogens (tertiary/aromatic N) is 2. The lowest BCUT2D eigenvalue weighted by molar-refractivity contribution is -0.140. The van der Waals surface area contributed by atoms with Crippen LogP contribution in [0.5, 0.6) is 5.88 Å². The zero-order chi connectivity index (χ0) is 17.6. The van der Waals surface area contributed by atoms with Crippen LogP contribution in [0.1, 0.15) is 18.1 Å². The zero-order valence-corrected chi connectivity index (χ0v) is 14.7. The molecule has 2 N–H and O–H groups in total. The number of hydrogen-bond acceptors (Lipinski definition) is 5. The molecule has 4 rings (SSSR count). The third kappa shape index (κ3) is 2.62. The molecule has 2 heterocycles. The smallest absolute Gasteiger partial charge is 0.332 e. The second-order valence-corrected chi connectivity index (χ2v) is 6.45. The van der Waals surface area contributed by atoms with E-state index < -0.39 is 5.97 Å². The van der Waals surface area contributed by atoms with Crippen molar-refractivity contribution in [2.45, 2.75) is 6.92 Å². The molecule has 0 radical (unpaired) electrons. The van der Waals surface area contributed by atoms with Crippen molar-refractivity contribution in [2.24, 2.45) is 10.1 Å². The van der Waals surface area contributed by atoms with Crippen LogP contribution in [0.15, 0.2) is 57.1 Å². The van der Waals surface area contributed by atoms with Gasteiger partial charge in [-0.2, -0.15) is 0 Å². The maximum atomic E-state index is 11.2. The molecule has 2 aromatic carbocycles. The molecule has 0 unspecified atom stereocenters. The number of halogens is 1. The fraction of sp³-hybridized carbons (Fsp3) is 0.0556. The predicted molar refractivity (Wildman–Crippen MR) is 98.6 cm³/mol. The number of para-hydroxylation sites is 1. The van der Waals surface area contributed by atoms with Gasteiger partial charge in [-0.15, -0.1) is 0 Å². The lowest BCUT2D eigenvalue weighted by Gasteiger charge is -2.03. The zero-order valence-electron chi connectivity index (χ0n) is 13.1. The van der Waals surface area contributed by atoms with E-state index in [1.165, 1.54) is 6.92 Å². The Hall–Kier alpha value is -2.93. The number of carbonyl (C=O) groups is 1. The molecule has 7 heteroatoms. The Kier molecular flexibility index (Phi) is 3.65. The molecular weight excluding hydrogens is 386 g/mol. The lowest BCUT2D eigenvalue weighted by atomic mass is 10.0. The molecule has 124 valence electrons. The topological polar surface area (TPSA) is 87.0 Å². The fourth-order valence-electron chi connectivity index (χ4n) is 2.84. The van der Waals surface area contributed by atoms with Crippen molar-refractivity contribution in [1.29, 1.82) is 0 Å². The number of rotatable bonds is 2. The van der Waals surface area contributed by atoms with Crippen LogP contribution in [-0.4, -0.2) is 27.5 Å². The maximum Gasteiger partial charge on any atom is 0.332 e. The highest BCUT2D eigenvalue weighted by Crippen LogP contribution is 2.36. The first kappa shape index (κ1) is 15.6. The number of carbonyl (C=O) groups excluding carboxylic acids is 1. The number of aromatic nitrogens is 1. The number of nitrogens with one attached hydrogen (secondary N) is 1. The molecule has 1 aromatic heterocycles. The van der Waals surface area contributed by atoms with Crippen molar-refractivity contribution in [3.8, 4) is 5.88 Å². The number of oxime groups is 1. The molecule has 0 saturated heterocycles. The molecule has 0 atom stereocenters. The van der Waals surface area contributed by atoms with Gasteiger partial charge in [-0.05, 0) is 18.2 Å². The monoisotopic (exact) mass is 397 g/mol. The molecular formula is C18H12BrN3O3. The quantitative estimate of drug-likeness (QED) is 0.505. The van der Waals surface area contributed by atoms with Crippen LogP contribution in [0.25, 0.3) is 10.9 Å². The van der Waals surface area contributed by atoms with E-state index in [1.807, 2.05) is 42.5 Å². The Morgan fingerprint density at radius 1 is 1.28 bits per heavy atom. The van der Waals surface area contributed by atoms with Crippen molar-refractivity contribution in [2.75, 3.05) is 0 Å². The molecule has 1 aliphatic heterocycles. The number of aliphatic imine (C=N–C) groups is 1. The molecule has 0 fully saturated rings. The summed E-state index contributed by atoms with van der Waals surface area (Å²) in [6.45, 7) is 1.28. The van der Waals surface area contributed by atoms with Gasteiger partial charge in [-0.3, -0.25) is 0 Å². The van der Waals surface area contributed by atoms with Crippen LogP contribution in [0, 0.1) is 0 Å². The van der Waals surface area contributed by atoms with Crippen LogP contribution < -0.4 is 0 Å². The number of aromatic hydroxyl groups is 1. The second kappa shape index (κ2) is 5.86. The number of benzene rings is 2. The standard InChI is InChI=1S/C18H12BrN3O3/c1-9(23)25-22-16-12-4-2-3-5-13(12)20-17(16)15-11-7-6-10(19)8-14(11)21-18(15)24/h2-8,21,24H,1H3. The summed E-state index contributed by atoms with van der Waals surface area (Å²) in [6.07, 6.45) is 0. The van der Waals surface area contributed by atoms with Gasteiger partial charge in [0.05, 0.1) is 16.8 Å². The molecule has 1 aliphatic rings. The number of H-pyrrole nitrogens is 1. The van der Waals surface area contributed by atoms with Crippen LogP contribution >= 0.6 is 15.9 Å². The lowest BCUT2D eigenvalue weighted by Crippen LogP contribution is -2.14. The Labute approximate surface area is 151 Å². The SMILES string of the molecule is CC(=O)ON=C1C(c2c(O)[nH]c3cc(Br)ccc23)=Nc2ccccc21. The van der Waals surface area contributed by atoms with Crippen LogP contribution in [0.2, 0.25) is 0 Å². The summed E-state index contributed by atoms with van der Waals surface area (Å²) >= 11 is 3.41. The summed E-state index contributed by atoms with van der Waals surface area (Å²) in [5.74, 6) is -0.543. The highest BCUT2D eigenvalue weighted by molar-refractivity contribution is 9.10. The normalized spacial score (nSPS) is 14.6. The third-order valence-corrected chi connectivity index (χ3v) is 4.35. The Morgan fingerprint density at radius 2 is 2.08 bits per heavy atom. The van der Waals surface area contributed by atoms with Gasteiger partial charge in [0.1, 0.15) is 11.4 Å². The van der Waals surface area contributed by atoms with Crippen LogP contribution in [0.3, 0.4) is 0 Å². The van der Waals surface area contributed by atoms with Gasteiger partial charge in [0.25, 0.3) is 0 Å². The predicted octanol–water partition coefficient (Wildman–Crippen LogP) is 4.04. The van der Waals surface area contributed by atoms with Gasteiger partial charge in [0.15, 0.2) is 5.88 Å². The van der Waals surface area contributed by atoms with Gasteiger partial charge in [0.2, 0.25) is 0 Å². The minimum atomic E-state index is -0.525. The first-order valence-electron chi connectivity index (χ1n) is 7.49. The van der Waals surface area contributed by atoms with Crippen molar-refractivity contribution < 1.29 is 14.7 Å². The van der Waals surface area contributed by atoms with E-state index >= 15 is 0 Å². The fourth-order valence-corrected chi connectivity index (χ4v) is 3.21. The average molecular weight is 398 g/mol. The number of hydrogen-bond donors (Lipinski definition) is 2. The van der Waals surface area contributed by atoms with E-state index in [1.54, 1.807) is 0 Å². The second-order valence-electron chi connectivity index (χ2n) is 5.54. The minimum Gasteiger partial charge on any atom is -0.494 e. The summed E-state index contributed by atoms with van der Waals surface area (Å²) in [5.41, 5.74) is 3.58. The van der Waals surface area contributed by atoms with Crippen LogP contribution in [-0.2, 0) is 9.63 Å². The van der Waals surface area contributed by atoms with Crippen molar-refractivity contribution in [3.05, 3.63) is 58.1 Å². The molecule has 6 nitrogen and oxygen atoms in total. The van der Waals surface area contributed by atoms with E-state index in [2.05, 4.69) is 31.1 Å². The van der Waals surface area contributed by atoms with Gasteiger partial charge < -0.3 is 14.9 Å². The Bertz CT molecular complexity index is 1080. The number of aromatic amines is 1. The van der Waals surface area contributed by atoms with E-state index in [9.17, 15) is 9.90 Å². The molecule has 3 aromatic rings. The van der Waals surface area contributed by atoms with Crippen molar-refractivity contribution in [1.82, 2.24) is 4.98 Å². The van der Waals surface area contributed by atoms with E-state index in [-0.39, 0.29) is 5.88 Å². The average Bonchev–Trinajstić information content (AvgIpc) is 3.08. The molecule has 25 heavy (non-hydrogen) atoms. The van der Waals surface area contributed by atoms with Crippen molar-refractivity contribution in [3.63, 3.8) is 0 Å². The van der Waals surface area contributed by atoms with E-state index in [0.717, 1.165) is 20.9 Å². The largest absolute Gasteiger partial charge is 0.494 e. The minimum absolute atomic E-state index is 0.0184. The molecule has 0 bridgehead atoms. The van der Waals surface area contributed by atoms with Crippen molar-refractivity contribution >= 4 is 49.9 Å². The molecule has 0 spiro atoms. The van der Waals surface area contributed by atoms with E-state index in [4.69, 9.17) is 4.84 Å². The first-order chi connectivity index (χ1) is 12.0. The number of fused-ring (bicyclic) bond motifs is 2. The van der Waals surface area contributed by atoms with Gasteiger partial charge in [-0.25, -0.2) is 9.79 Å². The molecule has 0 amide bonds. The molecule has 0 aliphatic carbocycles. The third-order valence-electron chi connectivity index (χ3n) is 3.86. The summed E-state index contributed by atoms with van der Waals surface area (Å²) in [5, 5.41) is 15.2. The van der Waals surface area contributed by atoms with Gasteiger partial charge >= 0.3 is 5.97 Å². The van der Waals surface area contributed by atoms with Gasteiger partial charge in [0, 0.05) is 22.3 Å². The summed E-state index contributed by atoms with van der Waals surface area (Å²) in [7, 11) is 0. The molecule has 0 saturated carbocycles. The van der Waals surface area contributed by atoms with E-state index in [0.29, 0.717) is 22.7 Å². The first-order valence-corrected chi connectivity index (χ1v) is 8.28. The highest BCUT2D eigenvalue weighted by atomic mass is 79.9. The Morgan fingerprint density at radius 3 is 2.88 bits per heavy atom. The van der Waals surface area contributed by atoms with Crippen LogP contribution in [0.4, 0.5) is 5.69 Å². The summed E-state index contributed by atoms with van der Waals surface area (Å²) in [4.78, 5) is 23.6. The summed E-state index contributed by atoms with van der Waals surface area (Å²) < 4.78 is 0.887. The summed E-state index contributed by atoms with van der Waals surface area (Å²) in [6, 6.07) is 13.0. The maximum absolute atomic E-state index is 11.2.